The van der Waals surface area contributed by atoms with Crippen LogP contribution in [0.3, 0.4) is 0 Å². The average molecular weight is 427 g/mol. The molecule has 0 radical (unpaired) electrons. The Hall–Kier alpha value is -1.62. The first-order valence-electron chi connectivity index (χ1n) is 14.7. The Balaban J connectivity index is 1.81. The Kier molecular flexibility index (Phi) is 4.45. The zero-order valence-electron chi connectivity index (χ0n) is 26.1. The molecule has 0 saturated carbocycles. The van der Waals surface area contributed by atoms with Crippen molar-refractivity contribution in [3.63, 3.8) is 0 Å². The van der Waals surface area contributed by atoms with Crippen LogP contribution in [-0.4, -0.2) is 36.8 Å². The molecule has 0 aromatic rings. The number of hydrogen-bond donors (Lipinski definition) is 1. The second-order valence-corrected chi connectivity index (χ2v) is 9.45. The summed E-state index contributed by atoms with van der Waals surface area (Å²) < 4.78 is 73.3. The summed E-state index contributed by atoms with van der Waals surface area (Å²) >= 11 is 0. The highest BCUT2D eigenvalue weighted by Crippen LogP contribution is 2.45. The van der Waals surface area contributed by atoms with Crippen molar-refractivity contribution in [1.29, 1.82) is 1.43 Å². The second-order valence-electron chi connectivity index (χ2n) is 9.45. The molecule has 1 heterocycles. The molecule has 0 spiro atoms. The van der Waals surface area contributed by atoms with Gasteiger partial charge in [-0.2, -0.15) is 0 Å². The SMILES string of the molecule is [2H]O[C@@H]1CC(CC[C@@H]2[C@@H]3C(=C[C@H](C)C[C@@H]3OC(=O)C(C)(C)C([2H])([2H])C([2H])([2H])[2H])C=C[C@@H]2C)OC(=O)C1([2H])[2H]. The minimum absolute atomic E-state index is 0.0354. The van der Waals surface area contributed by atoms with Crippen molar-refractivity contribution in [3.05, 3.63) is 23.8 Å². The van der Waals surface area contributed by atoms with Gasteiger partial charge in [0.05, 0.1) is 17.9 Å². The molecule has 1 unspecified atom stereocenters. The van der Waals surface area contributed by atoms with Crippen molar-refractivity contribution >= 4 is 11.9 Å². The predicted octanol–water partition coefficient (Wildman–Crippen LogP) is 4.59. The van der Waals surface area contributed by atoms with Crippen LogP contribution in [0.4, 0.5) is 0 Å². The van der Waals surface area contributed by atoms with Gasteiger partial charge in [-0.1, -0.05) is 38.9 Å². The molecule has 3 rings (SSSR count). The largest absolute Gasteiger partial charge is 0.462 e. The van der Waals surface area contributed by atoms with Gasteiger partial charge in [0.2, 0.25) is 1.43 Å². The monoisotopic (exact) mass is 426 g/mol. The molecule has 1 aliphatic heterocycles. The maximum absolute atomic E-state index is 13.3. The van der Waals surface area contributed by atoms with E-state index in [4.69, 9.17) is 20.5 Å². The lowest BCUT2D eigenvalue weighted by molar-refractivity contribution is -0.166. The smallest absolute Gasteiger partial charge is 0.311 e. The highest BCUT2D eigenvalue weighted by molar-refractivity contribution is 5.76. The molecule has 0 aromatic carbocycles. The first-order valence-corrected chi connectivity index (χ1v) is 10.8. The molecule has 7 atom stereocenters. The molecule has 1 saturated heterocycles. The van der Waals surface area contributed by atoms with Crippen LogP contribution in [0.2, 0.25) is 0 Å². The van der Waals surface area contributed by atoms with E-state index < -0.39 is 55.3 Å². The number of carbonyl (C=O) groups excluding carboxylic acids is 2. The van der Waals surface area contributed by atoms with Crippen LogP contribution in [0.1, 0.15) is 82.6 Å². The minimum atomic E-state index is -3.02. The third-order valence-corrected chi connectivity index (χ3v) is 6.53. The van der Waals surface area contributed by atoms with Gasteiger partial charge >= 0.3 is 11.9 Å². The Morgan fingerprint density at radius 3 is 2.97 bits per heavy atom. The lowest BCUT2D eigenvalue weighted by Gasteiger charge is -2.44. The van der Waals surface area contributed by atoms with E-state index in [1.165, 1.54) is 13.8 Å². The Morgan fingerprint density at radius 1 is 1.43 bits per heavy atom. The summed E-state index contributed by atoms with van der Waals surface area (Å²) in [5.41, 5.74) is -0.930. The minimum Gasteiger partial charge on any atom is -0.462 e. The molecule has 3 aliphatic rings. The number of allylic oxidation sites excluding steroid dienone is 3. The van der Waals surface area contributed by atoms with Crippen molar-refractivity contribution < 1.29 is 33.8 Å². The molecule has 1 N–H and O–H groups in total. The molecule has 2 aliphatic carbocycles. The van der Waals surface area contributed by atoms with Crippen molar-refractivity contribution in [2.75, 3.05) is 0 Å². The summed E-state index contributed by atoms with van der Waals surface area (Å²) in [7, 11) is 0. The van der Waals surface area contributed by atoms with E-state index in [0.29, 0.717) is 19.3 Å². The van der Waals surface area contributed by atoms with Crippen LogP contribution in [0.15, 0.2) is 23.8 Å². The fourth-order valence-corrected chi connectivity index (χ4v) is 4.78. The number of aliphatic hydroxyl groups excluding tert-OH is 1. The molecule has 0 amide bonds. The lowest BCUT2D eigenvalue weighted by atomic mass is 9.65. The van der Waals surface area contributed by atoms with E-state index in [9.17, 15) is 9.59 Å². The zero-order chi connectivity index (χ0) is 28.8. The van der Waals surface area contributed by atoms with Crippen LogP contribution < -0.4 is 0 Å². The van der Waals surface area contributed by atoms with Gasteiger partial charge in [-0.15, -0.1) is 0 Å². The molecule has 168 valence electrons. The quantitative estimate of drug-likeness (QED) is 0.603. The van der Waals surface area contributed by atoms with Crippen LogP contribution in [0, 0.1) is 29.1 Å². The van der Waals surface area contributed by atoms with Gasteiger partial charge in [-0.3, -0.25) is 9.59 Å². The summed E-state index contributed by atoms with van der Waals surface area (Å²) in [5, 5.41) is 4.49. The molecule has 1 fully saturated rings. The fraction of sp³-hybridized carbons (Fsp3) is 0.760. The molecular weight excluding hydrogens is 380 g/mol. The van der Waals surface area contributed by atoms with Gasteiger partial charge < -0.3 is 14.6 Å². The standard InChI is InChI=1S/C25H38O5/c1-6-25(4,5)24(28)30-21-12-15(2)11-17-8-7-16(3)20(23(17)21)10-9-19-13-18(26)14-22(27)29-19/h7-8,11,15-16,18-21,23,26H,6,9-10,12-14H2,1-5H3/t15-,16-,18+,19?,20-,21-,23-/m0/s1/i1D3,6D2,14D2,26D. The second kappa shape index (κ2) is 9.25. The van der Waals surface area contributed by atoms with E-state index in [1.807, 2.05) is 19.9 Å². The van der Waals surface area contributed by atoms with E-state index in [1.54, 1.807) is 0 Å². The number of aliphatic hydroxyl groups is 1. The number of ether oxygens (including phenoxy) is 2. The average Bonchev–Trinajstić information content (AvgIpc) is 2.79. The lowest BCUT2D eigenvalue weighted by Crippen LogP contribution is -2.43. The normalized spacial score (nSPS) is 43.0. The molecule has 5 heteroatoms. The third kappa shape index (κ3) is 5.16. The first kappa shape index (κ1) is 14.4. The van der Waals surface area contributed by atoms with Crippen molar-refractivity contribution in [2.45, 2.75) is 91.3 Å². The van der Waals surface area contributed by atoms with Crippen molar-refractivity contribution in [3.8, 4) is 0 Å². The molecule has 30 heavy (non-hydrogen) atoms. The summed E-state index contributed by atoms with van der Waals surface area (Å²) in [6.07, 6.45) is 0.0631. The van der Waals surface area contributed by atoms with Crippen LogP contribution in [0.25, 0.3) is 0 Å². The van der Waals surface area contributed by atoms with Gasteiger partial charge in [-0.05, 0) is 62.8 Å². The van der Waals surface area contributed by atoms with Crippen LogP contribution >= 0.6 is 0 Å². The number of rotatable bonds is 7. The van der Waals surface area contributed by atoms with Gasteiger partial charge in [0.25, 0.3) is 0 Å². The summed E-state index contributed by atoms with van der Waals surface area (Å²) in [6.45, 7) is 3.53. The summed E-state index contributed by atoms with van der Waals surface area (Å²) in [5.74, 6) is -2.06. The van der Waals surface area contributed by atoms with Gasteiger partial charge in [0.15, 0.2) is 0 Å². The topological polar surface area (TPSA) is 72.8 Å². The van der Waals surface area contributed by atoms with Crippen LogP contribution in [0.5, 0.6) is 0 Å². The number of cyclic esters (lactones) is 1. The highest BCUT2D eigenvalue weighted by atomic mass is 16.6. The van der Waals surface area contributed by atoms with E-state index in [0.717, 1.165) is 5.57 Å². The maximum Gasteiger partial charge on any atom is 0.311 e. The predicted molar refractivity (Wildman–Crippen MR) is 115 cm³/mol. The molecular formula is C25H38O5. The molecule has 0 aromatic heterocycles. The Morgan fingerprint density at radius 2 is 2.23 bits per heavy atom. The summed E-state index contributed by atoms with van der Waals surface area (Å²) in [6, 6.07) is 0. The van der Waals surface area contributed by atoms with E-state index in [-0.39, 0.29) is 30.1 Å². The van der Waals surface area contributed by atoms with Gasteiger partial charge in [0, 0.05) is 21.9 Å². The first-order chi connectivity index (χ1) is 17.3. The number of hydrogen-bond acceptors (Lipinski definition) is 5. The Labute approximate surface area is 192 Å². The summed E-state index contributed by atoms with van der Waals surface area (Å²) in [4.78, 5) is 25.5. The highest BCUT2D eigenvalue weighted by Gasteiger charge is 2.43. The fourth-order valence-electron chi connectivity index (χ4n) is 4.78. The molecule has 5 nitrogen and oxygen atoms in total. The van der Waals surface area contributed by atoms with Crippen molar-refractivity contribution in [2.24, 2.45) is 29.1 Å². The zero-order valence-corrected chi connectivity index (χ0v) is 18.1. The Bertz CT molecular complexity index is 973. The molecule has 0 bridgehead atoms. The van der Waals surface area contributed by atoms with E-state index in [2.05, 4.69) is 17.3 Å². The third-order valence-electron chi connectivity index (χ3n) is 6.53. The number of esters is 2. The van der Waals surface area contributed by atoms with E-state index >= 15 is 0 Å². The maximum atomic E-state index is 13.3. The van der Waals surface area contributed by atoms with Gasteiger partial charge in [0.1, 0.15) is 12.2 Å². The number of carbonyl (C=O) groups is 2. The van der Waals surface area contributed by atoms with Crippen LogP contribution in [-0.2, 0) is 19.1 Å². The van der Waals surface area contributed by atoms with Crippen molar-refractivity contribution in [1.82, 2.24) is 0 Å². The van der Waals surface area contributed by atoms with Gasteiger partial charge in [-0.25, -0.2) is 0 Å². The number of fused-ring (bicyclic) bond motifs is 1.